The predicted molar refractivity (Wildman–Crippen MR) is 111 cm³/mol. The number of thioether (sulfide) groups is 1. The molecule has 146 valence electrons. The van der Waals surface area contributed by atoms with Crippen molar-refractivity contribution in [1.82, 2.24) is 14.4 Å². The Morgan fingerprint density at radius 1 is 1.33 bits per heavy atom. The first-order valence-electron chi connectivity index (χ1n) is 9.60. The van der Waals surface area contributed by atoms with E-state index in [0.29, 0.717) is 24.5 Å². The molecule has 4 rings (SSSR count). The second-order valence-electron chi connectivity index (χ2n) is 8.18. The topological polar surface area (TPSA) is 37.7 Å². The van der Waals surface area contributed by atoms with E-state index >= 15 is 0 Å². The van der Waals surface area contributed by atoms with E-state index in [2.05, 4.69) is 48.0 Å². The molecule has 0 N–H and O–H groups in total. The molecular weight excluding hydrogens is 358 g/mol. The van der Waals surface area contributed by atoms with Crippen LogP contribution in [0.25, 0.3) is 10.9 Å². The minimum absolute atomic E-state index is 0.250. The third-order valence-electron chi connectivity index (χ3n) is 6.28. The highest BCUT2D eigenvalue weighted by Gasteiger charge is 2.41. The standard InChI is InChI=1S/C21H29N3O2S/c1-22(2)21(25)26-12-13-9-15-14-7-6-8-17-19(14)16(20(27-5)24(17)4)10-18(15)23(3)11-13/h6-8,13,15,18H,9-12H2,1-5H3/t13-,15?,18-/m1/s1. The molecule has 1 aromatic carbocycles. The maximum absolute atomic E-state index is 11.8. The van der Waals surface area contributed by atoms with Crippen molar-refractivity contribution in [2.45, 2.75) is 29.8 Å². The molecule has 1 saturated heterocycles. The van der Waals surface area contributed by atoms with Gasteiger partial charge in [0.2, 0.25) is 0 Å². The van der Waals surface area contributed by atoms with E-state index in [9.17, 15) is 4.79 Å². The highest BCUT2D eigenvalue weighted by atomic mass is 32.2. The summed E-state index contributed by atoms with van der Waals surface area (Å²) >= 11 is 1.85. The SMILES string of the molecule is CSc1c2c3c(cccc3n1C)C1C[C@@H](COC(=O)N(C)C)CN(C)[C@@H]1C2. The van der Waals surface area contributed by atoms with Crippen LogP contribution in [0.15, 0.2) is 23.2 Å². The van der Waals surface area contributed by atoms with Crippen molar-refractivity contribution in [3.63, 3.8) is 0 Å². The summed E-state index contributed by atoms with van der Waals surface area (Å²) in [5, 5.41) is 2.86. The van der Waals surface area contributed by atoms with Gasteiger partial charge >= 0.3 is 6.09 Å². The molecule has 1 aromatic heterocycles. The highest BCUT2D eigenvalue weighted by Crippen LogP contribution is 2.47. The van der Waals surface area contributed by atoms with Crippen molar-refractivity contribution in [3.8, 4) is 0 Å². The van der Waals surface area contributed by atoms with Crippen molar-refractivity contribution in [2.24, 2.45) is 13.0 Å². The number of carbonyl (C=O) groups is 1. The van der Waals surface area contributed by atoms with Crippen molar-refractivity contribution < 1.29 is 9.53 Å². The van der Waals surface area contributed by atoms with E-state index in [0.717, 1.165) is 19.4 Å². The molecule has 0 spiro atoms. The molecule has 2 heterocycles. The average molecular weight is 388 g/mol. The number of amides is 1. The number of rotatable bonds is 3. The minimum Gasteiger partial charge on any atom is -0.449 e. The van der Waals surface area contributed by atoms with Gasteiger partial charge in [0.15, 0.2) is 0 Å². The van der Waals surface area contributed by atoms with Gasteiger partial charge in [-0.15, -0.1) is 11.8 Å². The molecule has 6 heteroatoms. The normalized spacial score (nSPS) is 24.7. The molecule has 2 aliphatic rings. The molecule has 1 amide bonds. The Bertz CT molecular complexity index is 876. The van der Waals surface area contributed by atoms with Crippen LogP contribution in [0, 0.1) is 5.92 Å². The number of nitrogens with zero attached hydrogens (tertiary/aromatic N) is 3. The maximum Gasteiger partial charge on any atom is 0.409 e. The number of hydrogen-bond donors (Lipinski definition) is 0. The fourth-order valence-electron chi connectivity index (χ4n) is 5.06. The molecule has 3 atom stereocenters. The monoisotopic (exact) mass is 387 g/mol. The number of fused-ring (bicyclic) bond motifs is 2. The molecule has 5 nitrogen and oxygen atoms in total. The average Bonchev–Trinajstić information content (AvgIpc) is 2.93. The van der Waals surface area contributed by atoms with Crippen LogP contribution in [-0.2, 0) is 18.2 Å². The predicted octanol–water partition coefficient (Wildman–Crippen LogP) is 3.56. The Morgan fingerprint density at radius 3 is 2.81 bits per heavy atom. The number of carbonyl (C=O) groups excluding carboxylic acids is 1. The molecule has 1 fully saturated rings. The maximum atomic E-state index is 11.8. The highest BCUT2D eigenvalue weighted by molar-refractivity contribution is 7.98. The van der Waals surface area contributed by atoms with E-state index in [1.54, 1.807) is 14.1 Å². The summed E-state index contributed by atoms with van der Waals surface area (Å²) < 4.78 is 7.86. The van der Waals surface area contributed by atoms with Crippen molar-refractivity contribution in [3.05, 3.63) is 29.3 Å². The van der Waals surface area contributed by atoms with Gasteiger partial charge in [-0.25, -0.2) is 4.79 Å². The second kappa shape index (κ2) is 7.06. The van der Waals surface area contributed by atoms with Crippen LogP contribution in [0.4, 0.5) is 4.79 Å². The lowest BCUT2D eigenvalue weighted by molar-refractivity contribution is 0.0526. The Hall–Kier alpha value is -1.66. The van der Waals surface area contributed by atoms with Crippen molar-refractivity contribution >= 4 is 28.8 Å². The molecule has 0 radical (unpaired) electrons. The lowest BCUT2D eigenvalue weighted by Gasteiger charge is -2.45. The minimum atomic E-state index is -0.250. The van der Waals surface area contributed by atoms with Gasteiger partial charge in [-0.3, -0.25) is 0 Å². The third-order valence-corrected chi connectivity index (χ3v) is 7.19. The Labute approximate surface area is 165 Å². The fraction of sp³-hybridized carbons (Fsp3) is 0.571. The summed E-state index contributed by atoms with van der Waals surface area (Å²) in [5.41, 5.74) is 4.33. The number of likely N-dealkylation sites (tertiary alicyclic amines) is 1. The third kappa shape index (κ3) is 3.03. The quantitative estimate of drug-likeness (QED) is 0.755. The molecule has 0 saturated carbocycles. The van der Waals surface area contributed by atoms with Crippen LogP contribution in [0.3, 0.4) is 0 Å². The Balaban J connectivity index is 1.66. The molecular formula is C21H29N3O2S. The van der Waals surface area contributed by atoms with Crippen molar-refractivity contribution in [1.29, 1.82) is 0 Å². The van der Waals surface area contributed by atoms with Crippen LogP contribution in [0.1, 0.15) is 23.5 Å². The second-order valence-corrected chi connectivity index (χ2v) is 8.97. The Kier molecular flexibility index (Phi) is 4.89. The van der Waals surface area contributed by atoms with Crippen molar-refractivity contribution in [2.75, 3.05) is 40.6 Å². The number of piperidine rings is 1. The molecule has 27 heavy (non-hydrogen) atoms. The summed E-state index contributed by atoms with van der Waals surface area (Å²) in [7, 11) is 7.87. The number of aromatic nitrogens is 1. The first-order valence-corrected chi connectivity index (χ1v) is 10.8. The smallest absolute Gasteiger partial charge is 0.409 e. The van der Waals surface area contributed by atoms with Crippen LogP contribution in [0.2, 0.25) is 0 Å². The fourth-order valence-corrected chi connectivity index (χ4v) is 5.87. The van der Waals surface area contributed by atoms with Gasteiger partial charge < -0.3 is 19.1 Å². The number of ether oxygens (including phenoxy) is 1. The summed E-state index contributed by atoms with van der Waals surface area (Å²) in [6.07, 6.45) is 4.12. The Morgan fingerprint density at radius 2 is 2.11 bits per heavy atom. The van der Waals surface area contributed by atoms with E-state index in [-0.39, 0.29) is 6.09 Å². The lowest BCUT2D eigenvalue weighted by Crippen LogP contribution is -2.49. The largest absolute Gasteiger partial charge is 0.449 e. The molecule has 1 aliphatic carbocycles. The van der Waals surface area contributed by atoms with Crippen LogP contribution in [0.5, 0.6) is 0 Å². The zero-order valence-electron chi connectivity index (χ0n) is 16.9. The van der Waals surface area contributed by atoms with Crippen LogP contribution >= 0.6 is 11.8 Å². The zero-order valence-corrected chi connectivity index (χ0v) is 17.7. The van der Waals surface area contributed by atoms with Crippen LogP contribution < -0.4 is 0 Å². The molecule has 1 unspecified atom stereocenters. The van der Waals surface area contributed by atoms with Gasteiger partial charge in [-0.05, 0) is 43.3 Å². The molecule has 2 aromatic rings. The van der Waals surface area contributed by atoms with Crippen LogP contribution in [-0.4, -0.2) is 67.1 Å². The first kappa shape index (κ1) is 18.7. The van der Waals surface area contributed by atoms with E-state index in [1.807, 2.05) is 11.8 Å². The summed E-state index contributed by atoms with van der Waals surface area (Å²) in [4.78, 5) is 15.8. The van der Waals surface area contributed by atoms with Gasteiger partial charge in [0, 0.05) is 56.5 Å². The van der Waals surface area contributed by atoms with E-state index < -0.39 is 0 Å². The van der Waals surface area contributed by atoms with E-state index in [1.165, 1.54) is 32.0 Å². The summed E-state index contributed by atoms with van der Waals surface area (Å²) in [5.74, 6) is 0.876. The number of aryl methyl sites for hydroxylation is 1. The number of likely N-dealkylation sites (N-methyl/N-ethyl adjacent to an activating group) is 1. The van der Waals surface area contributed by atoms with Gasteiger partial charge in [0.1, 0.15) is 0 Å². The molecule has 0 bridgehead atoms. The number of hydrogen-bond acceptors (Lipinski definition) is 4. The first-order chi connectivity index (χ1) is 12.9. The summed E-state index contributed by atoms with van der Waals surface area (Å²) in [6.45, 7) is 1.48. The molecule has 1 aliphatic heterocycles. The summed E-state index contributed by atoms with van der Waals surface area (Å²) in [6, 6.07) is 7.28. The zero-order chi connectivity index (χ0) is 19.3. The lowest BCUT2D eigenvalue weighted by atomic mass is 9.72. The van der Waals surface area contributed by atoms with Gasteiger partial charge in [-0.2, -0.15) is 0 Å². The van der Waals surface area contributed by atoms with Gasteiger partial charge in [0.25, 0.3) is 0 Å². The van der Waals surface area contributed by atoms with E-state index in [4.69, 9.17) is 4.74 Å². The van der Waals surface area contributed by atoms with Gasteiger partial charge in [-0.1, -0.05) is 12.1 Å². The number of benzene rings is 1. The van der Waals surface area contributed by atoms with Gasteiger partial charge in [0.05, 0.1) is 11.6 Å².